The van der Waals surface area contributed by atoms with Crippen molar-refractivity contribution in [2.24, 2.45) is 4.99 Å². The van der Waals surface area contributed by atoms with E-state index < -0.39 is 5.97 Å². The Kier molecular flexibility index (Phi) is 5.00. The van der Waals surface area contributed by atoms with Crippen LogP contribution in [0.2, 0.25) is 5.02 Å². The van der Waals surface area contributed by atoms with Gasteiger partial charge in [0, 0.05) is 30.1 Å². The molecular weight excluding hydrogens is 367 g/mol. The number of benzene rings is 2. The van der Waals surface area contributed by atoms with Gasteiger partial charge in [0.2, 0.25) is 0 Å². The second kappa shape index (κ2) is 6.97. The van der Waals surface area contributed by atoms with Crippen LogP contribution in [0.1, 0.15) is 54.6 Å². The average Bonchev–Trinajstić information content (AvgIpc) is 2.59. The van der Waals surface area contributed by atoms with Crippen LogP contribution in [0.25, 0.3) is 0 Å². The van der Waals surface area contributed by atoms with Crippen molar-refractivity contribution < 1.29 is 14.3 Å². The smallest absolute Gasteiger partial charge is 0.337 e. The summed E-state index contributed by atoms with van der Waals surface area (Å²) >= 11 is 5.87. The molecule has 1 atom stereocenters. The molecule has 0 amide bonds. The Labute approximate surface area is 163 Å². The van der Waals surface area contributed by atoms with E-state index in [1.807, 2.05) is 13.1 Å². The number of aliphatic imine (C=N–C) groups is 1. The van der Waals surface area contributed by atoms with E-state index >= 15 is 0 Å². The topological polar surface area (TPSA) is 52.9 Å². The quantitative estimate of drug-likeness (QED) is 0.691. The fourth-order valence-corrected chi connectivity index (χ4v) is 3.80. The molecule has 0 aromatic heterocycles. The van der Waals surface area contributed by atoms with E-state index in [0.717, 1.165) is 17.7 Å². The van der Waals surface area contributed by atoms with Crippen LogP contribution in [0.5, 0.6) is 0 Å². The maximum absolute atomic E-state index is 14.7. The van der Waals surface area contributed by atoms with Crippen molar-refractivity contribution in [2.75, 3.05) is 11.9 Å². The largest absolute Gasteiger partial charge is 0.478 e. The minimum Gasteiger partial charge on any atom is -0.478 e. The van der Waals surface area contributed by atoms with Gasteiger partial charge in [0.15, 0.2) is 0 Å². The van der Waals surface area contributed by atoms with Crippen LogP contribution in [0, 0.1) is 5.82 Å². The molecule has 1 unspecified atom stereocenters. The molecule has 1 aliphatic rings. The number of nitrogens with zero attached hydrogens (tertiary/aromatic N) is 2. The van der Waals surface area contributed by atoms with Crippen LogP contribution in [0.4, 0.5) is 15.8 Å². The number of halogens is 2. The number of rotatable bonds is 3. The summed E-state index contributed by atoms with van der Waals surface area (Å²) in [4.78, 5) is 17.5. The summed E-state index contributed by atoms with van der Waals surface area (Å²) in [5.41, 5.74) is 2.69. The van der Waals surface area contributed by atoms with Crippen molar-refractivity contribution in [1.82, 2.24) is 0 Å². The van der Waals surface area contributed by atoms with Gasteiger partial charge in [-0.25, -0.2) is 9.18 Å². The number of carboxylic acid groups (broad SMARTS) is 1. The van der Waals surface area contributed by atoms with E-state index in [1.54, 1.807) is 12.1 Å². The van der Waals surface area contributed by atoms with Gasteiger partial charge in [-0.2, -0.15) is 0 Å². The summed E-state index contributed by atoms with van der Waals surface area (Å²) < 4.78 is 14.7. The predicted octanol–water partition coefficient (Wildman–Crippen LogP) is 5.65. The number of hydrogen-bond donors (Lipinski definition) is 1. The molecule has 1 N–H and O–H groups in total. The van der Waals surface area contributed by atoms with Gasteiger partial charge < -0.3 is 10.0 Å². The SMILES string of the molecule is CC1CC(C)(C)N(C)c2cc(F)c(C=Nc3ccc(Cl)c(C(=O)O)c3)cc21. The monoisotopic (exact) mass is 388 g/mol. The Morgan fingerprint density at radius 2 is 2.07 bits per heavy atom. The minimum atomic E-state index is -1.13. The second-order valence-corrected chi connectivity index (χ2v) is 8.04. The summed E-state index contributed by atoms with van der Waals surface area (Å²) in [6.07, 6.45) is 2.40. The molecular formula is C21H22ClFN2O2. The van der Waals surface area contributed by atoms with E-state index in [0.29, 0.717) is 17.2 Å². The van der Waals surface area contributed by atoms with E-state index in [9.17, 15) is 9.18 Å². The molecule has 3 rings (SSSR count). The van der Waals surface area contributed by atoms with Gasteiger partial charge in [0.05, 0.1) is 16.3 Å². The van der Waals surface area contributed by atoms with Crippen LogP contribution in [-0.4, -0.2) is 29.9 Å². The Bertz CT molecular complexity index is 940. The Balaban J connectivity index is 1.98. The molecule has 1 heterocycles. The van der Waals surface area contributed by atoms with Gasteiger partial charge in [-0.1, -0.05) is 18.5 Å². The van der Waals surface area contributed by atoms with Gasteiger partial charge in [-0.3, -0.25) is 4.99 Å². The third-order valence-electron chi connectivity index (χ3n) is 5.29. The first kappa shape index (κ1) is 19.4. The number of hydrogen-bond acceptors (Lipinski definition) is 3. The Hall–Kier alpha value is -2.40. The summed E-state index contributed by atoms with van der Waals surface area (Å²) in [6, 6.07) is 7.83. The normalized spacial score (nSPS) is 18.6. The number of carboxylic acids is 1. The molecule has 2 aromatic rings. The molecule has 0 spiro atoms. The van der Waals surface area contributed by atoms with Crippen LogP contribution in [0.15, 0.2) is 35.3 Å². The number of fused-ring (bicyclic) bond motifs is 1. The lowest BCUT2D eigenvalue weighted by Crippen LogP contribution is -2.45. The van der Waals surface area contributed by atoms with Crippen LogP contribution in [-0.2, 0) is 0 Å². The summed E-state index contributed by atoms with van der Waals surface area (Å²) in [7, 11) is 1.99. The lowest BCUT2D eigenvalue weighted by atomic mass is 9.80. The fraction of sp³-hybridized carbons (Fsp3) is 0.333. The van der Waals surface area contributed by atoms with E-state index in [2.05, 4.69) is 30.7 Å². The van der Waals surface area contributed by atoms with Gasteiger partial charge >= 0.3 is 5.97 Å². The van der Waals surface area contributed by atoms with Crippen LogP contribution in [0.3, 0.4) is 0 Å². The van der Waals surface area contributed by atoms with Crippen molar-refractivity contribution in [3.8, 4) is 0 Å². The average molecular weight is 389 g/mol. The van der Waals surface area contributed by atoms with E-state index in [1.165, 1.54) is 18.3 Å². The highest BCUT2D eigenvalue weighted by Gasteiger charge is 2.34. The summed E-state index contributed by atoms with van der Waals surface area (Å²) in [5.74, 6) is -1.19. The number of aromatic carboxylic acids is 1. The predicted molar refractivity (Wildman–Crippen MR) is 108 cm³/mol. The van der Waals surface area contributed by atoms with Gasteiger partial charge in [0.25, 0.3) is 0 Å². The molecule has 0 aliphatic carbocycles. The molecule has 27 heavy (non-hydrogen) atoms. The Morgan fingerprint density at radius 1 is 1.37 bits per heavy atom. The lowest BCUT2D eigenvalue weighted by molar-refractivity contribution is 0.0697. The second-order valence-electron chi connectivity index (χ2n) is 7.64. The van der Waals surface area contributed by atoms with E-state index in [-0.39, 0.29) is 21.9 Å². The lowest BCUT2D eigenvalue weighted by Gasteiger charge is -2.45. The highest BCUT2D eigenvalue weighted by atomic mass is 35.5. The highest BCUT2D eigenvalue weighted by Crippen LogP contribution is 2.43. The zero-order chi connectivity index (χ0) is 19.9. The molecule has 0 saturated carbocycles. The molecule has 4 nitrogen and oxygen atoms in total. The fourth-order valence-electron chi connectivity index (χ4n) is 3.61. The molecule has 2 aromatic carbocycles. The van der Waals surface area contributed by atoms with Gasteiger partial charge in [-0.15, -0.1) is 0 Å². The van der Waals surface area contributed by atoms with E-state index in [4.69, 9.17) is 16.7 Å². The first-order chi connectivity index (χ1) is 12.6. The van der Waals surface area contributed by atoms with Crippen molar-refractivity contribution in [2.45, 2.75) is 38.6 Å². The molecule has 6 heteroatoms. The molecule has 0 radical (unpaired) electrons. The molecule has 1 aliphatic heterocycles. The number of carbonyl (C=O) groups is 1. The summed E-state index contributed by atoms with van der Waals surface area (Å²) in [5, 5.41) is 9.29. The van der Waals surface area contributed by atoms with Crippen LogP contribution < -0.4 is 4.90 Å². The van der Waals surface area contributed by atoms with Crippen LogP contribution >= 0.6 is 11.6 Å². The third-order valence-corrected chi connectivity index (χ3v) is 5.61. The maximum atomic E-state index is 14.7. The Morgan fingerprint density at radius 3 is 2.74 bits per heavy atom. The van der Waals surface area contributed by atoms with Crippen molar-refractivity contribution >= 4 is 35.2 Å². The summed E-state index contributed by atoms with van der Waals surface area (Å²) in [6.45, 7) is 6.45. The molecule has 0 saturated heterocycles. The molecule has 142 valence electrons. The van der Waals surface area contributed by atoms with Crippen molar-refractivity contribution in [1.29, 1.82) is 0 Å². The number of anilines is 1. The van der Waals surface area contributed by atoms with Gasteiger partial charge in [-0.05, 0) is 62.1 Å². The third kappa shape index (κ3) is 3.69. The zero-order valence-corrected chi connectivity index (χ0v) is 16.5. The molecule has 0 fully saturated rings. The standard InChI is InChI=1S/C21H22ClFN2O2/c1-12-10-21(2,3)25(4)19-9-18(23)13(7-15(12)19)11-24-14-5-6-17(22)16(8-14)20(26)27/h5-9,11-12H,10H2,1-4H3,(H,26,27). The first-order valence-electron chi connectivity index (χ1n) is 8.74. The first-order valence-corrected chi connectivity index (χ1v) is 9.12. The van der Waals surface area contributed by atoms with Crippen molar-refractivity contribution in [3.63, 3.8) is 0 Å². The minimum absolute atomic E-state index is 0.0327. The van der Waals surface area contributed by atoms with Gasteiger partial charge in [0.1, 0.15) is 5.82 Å². The van der Waals surface area contributed by atoms with Crippen molar-refractivity contribution in [3.05, 3.63) is 57.9 Å². The maximum Gasteiger partial charge on any atom is 0.337 e. The highest BCUT2D eigenvalue weighted by molar-refractivity contribution is 6.33. The molecule has 0 bridgehead atoms. The zero-order valence-electron chi connectivity index (χ0n) is 15.8.